The van der Waals surface area contributed by atoms with Crippen LogP contribution in [0.25, 0.3) is 0 Å². The van der Waals surface area contributed by atoms with Gasteiger partial charge in [-0.3, -0.25) is 9.79 Å². The molecule has 0 aliphatic heterocycles. The van der Waals surface area contributed by atoms with Crippen LogP contribution in [0.5, 0.6) is 0 Å². The van der Waals surface area contributed by atoms with Gasteiger partial charge in [-0.1, -0.05) is 6.92 Å². The minimum atomic E-state index is -0.221. The summed E-state index contributed by atoms with van der Waals surface area (Å²) in [4.78, 5) is 14.9. The molecule has 1 atom stereocenters. The second-order valence-electron chi connectivity index (χ2n) is 3.28. The Hall–Kier alpha value is -1.26. The Morgan fingerprint density at radius 3 is 2.67 bits per heavy atom. The third-order valence-corrected chi connectivity index (χ3v) is 2.07. The van der Waals surface area contributed by atoms with Crippen molar-refractivity contribution in [1.82, 2.24) is 10.6 Å². The first kappa shape index (κ1) is 13.7. The average molecular weight is 215 g/mol. The van der Waals surface area contributed by atoms with E-state index in [0.29, 0.717) is 25.0 Å². The molecule has 0 bridgehead atoms. The van der Waals surface area contributed by atoms with Crippen molar-refractivity contribution in [3.63, 3.8) is 0 Å². The molecule has 0 aromatic carbocycles. The molecule has 0 radical (unpaired) electrons. The molecule has 0 fully saturated rings. The molecule has 2 N–H and O–H groups in total. The lowest BCUT2D eigenvalue weighted by molar-refractivity contribution is -0.140. The monoisotopic (exact) mass is 215 g/mol. The Labute approximate surface area is 91.3 Å². The fraction of sp³-hybridized carbons (Fsp3) is 0.800. The topological polar surface area (TPSA) is 62.7 Å². The highest BCUT2D eigenvalue weighted by Gasteiger charge is 2.03. The molecule has 0 aliphatic carbocycles. The van der Waals surface area contributed by atoms with Gasteiger partial charge >= 0.3 is 5.97 Å². The Bertz CT molecular complexity index is 217. The number of nitrogens with one attached hydrogen (secondary N) is 2. The van der Waals surface area contributed by atoms with Crippen molar-refractivity contribution in [2.75, 3.05) is 20.7 Å². The molecule has 0 aromatic rings. The predicted molar refractivity (Wildman–Crippen MR) is 60.9 cm³/mol. The Kier molecular flexibility index (Phi) is 7.40. The van der Waals surface area contributed by atoms with Gasteiger partial charge in [0.15, 0.2) is 5.96 Å². The molecule has 1 unspecified atom stereocenters. The molecule has 15 heavy (non-hydrogen) atoms. The number of carbonyl (C=O) groups excluding carboxylic acids is 1. The van der Waals surface area contributed by atoms with Gasteiger partial charge in [0.25, 0.3) is 0 Å². The number of ether oxygens (including phenoxy) is 1. The van der Waals surface area contributed by atoms with E-state index in [4.69, 9.17) is 0 Å². The lowest BCUT2D eigenvalue weighted by Crippen LogP contribution is -2.42. The highest BCUT2D eigenvalue weighted by molar-refractivity contribution is 5.80. The van der Waals surface area contributed by atoms with Crippen LogP contribution < -0.4 is 10.6 Å². The van der Waals surface area contributed by atoms with Gasteiger partial charge in [-0.25, -0.2) is 0 Å². The predicted octanol–water partition coefficient (Wildman–Crippen LogP) is 0.513. The maximum absolute atomic E-state index is 10.8. The lowest BCUT2D eigenvalue weighted by Gasteiger charge is -2.15. The number of nitrogens with zero attached hydrogens (tertiary/aromatic N) is 1. The van der Waals surface area contributed by atoms with E-state index in [0.717, 1.165) is 6.42 Å². The number of hydrogen-bond donors (Lipinski definition) is 2. The summed E-state index contributed by atoms with van der Waals surface area (Å²) in [5, 5.41) is 6.23. The first-order valence-corrected chi connectivity index (χ1v) is 5.18. The number of methoxy groups -OCH3 is 1. The summed E-state index contributed by atoms with van der Waals surface area (Å²) in [6.07, 6.45) is 1.37. The highest BCUT2D eigenvalue weighted by atomic mass is 16.5. The molecular weight excluding hydrogens is 194 g/mol. The molecular formula is C10H21N3O2. The molecule has 0 aliphatic rings. The largest absolute Gasteiger partial charge is 0.469 e. The molecule has 0 rings (SSSR count). The number of hydrogen-bond acceptors (Lipinski definition) is 3. The maximum Gasteiger partial charge on any atom is 0.307 e. The molecule has 0 saturated heterocycles. The molecule has 5 nitrogen and oxygen atoms in total. The summed E-state index contributed by atoms with van der Waals surface area (Å²) in [6.45, 7) is 4.70. The number of guanidine groups is 1. The summed E-state index contributed by atoms with van der Waals surface area (Å²) in [6, 6.07) is 0.370. The van der Waals surface area contributed by atoms with Crippen molar-refractivity contribution in [3.05, 3.63) is 0 Å². The standard InChI is InChI=1S/C10H21N3O2/c1-5-8(2)13-10(11-3)12-7-6-9(14)15-4/h8H,5-7H2,1-4H3,(H2,11,12,13). The fourth-order valence-electron chi connectivity index (χ4n) is 0.915. The summed E-state index contributed by atoms with van der Waals surface area (Å²) < 4.78 is 4.53. The highest BCUT2D eigenvalue weighted by Crippen LogP contribution is 1.87. The van der Waals surface area contributed by atoms with Crippen LogP contribution in [0, 0.1) is 0 Å². The number of carbonyl (C=O) groups is 1. The zero-order valence-electron chi connectivity index (χ0n) is 9.96. The number of rotatable bonds is 5. The van der Waals surface area contributed by atoms with Gasteiger partial charge in [-0.05, 0) is 13.3 Å². The fourth-order valence-corrected chi connectivity index (χ4v) is 0.915. The third-order valence-electron chi connectivity index (χ3n) is 2.07. The Morgan fingerprint density at radius 1 is 1.53 bits per heavy atom. The van der Waals surface area contributed by atoms with E-state index in [9.17, 15) is 4.79 Å². The third kappa shape index (κ3) is 6.76. The van der Waals surface area contributed by atoms with Crippen LogP contribution in [-0.2, 0) is 9.53 Å². The normalized spacial score (nSPS) is 13.2. The SMILES string of the molecule is CCC(C)NC(=NC)NCCC(=O)OC. The van der Waals surface area contributed by atoms with Gasteiger partial charge < -0.3 is 15.4 Å². The van der Waals surface area contributed by atoms with Crippen LogP contribution in [0.2, 0.25) is 0 Å². The van der Waals surface area contributed by atoms with Crippen LogP contribution in [0.3, 0.4) is 0 Å². The number of aliphatic imine (C=N–C) groups is 1. The first-order chi connectivity index (χ1) is 7.13. The zero-order chi connectivity index (χ0) is 11.7. The quantitative estimate of drug-likeness (QED) is 0.398. The molecule has 0 saturated carbocycles. The summed E-state index contributed by atoms with van der Waals surface area (Å²) in [7, 11) is 3.09. The van der Waals surface area contributed by atoms with Crippen molar-refractivity contribution in [2.45, 2.75) is 32.7 Å². The molecule has 0 spiro atoms. The van der Waals surface area contributed by atoms with Gasteiger partial charge in [0.05, 0.1) is 13.5 Å². The molecule has 0 amide bonds. The average Bonchev–Trinajstić information content (AvgIpc) is 2.26. The minimum Gasteiger partial charge on any atom is -0.469 e. The molecule has 0 heterocycles. The zero-order valence-corrected chi connectivity index (χ0v) is 9.96. The van der Waals surface area contributed by atoms with E-state index < -0.39 is 0 Å². The summed E-state index contributed by atoms with van der Waals surface area (Å²) in [5.74, 6) is 0.495. The van der Waals surface area contributed by atoms with Crippen LogP contribution in [-0.4, -0.2) is 38.7 Å². The van der Waals surface area contributed by atoms with Gasteiger partial charge in [0.2, 0.25) is 0 Å². The molecule has 0 aromatic heterocycles. The van der Waals surface area contributed by atoms with E-state index in [1.54, 1.807) is 7.05 Å². The van der Waals surface area contributed by atoms with Crippen LogP contribution in [0.4, 0.5) is 0 Å². The van der Waals surface area contributed by atoms with Crippen molar-refractivity contribution in [2.24, 2.45) is 4.99 Å². The Balaban J connectivity index is 3.77. The van der Waals surface area contributed by atoms with Crippen molar-refractivity contribution in [3.8, 4) is 0 Å². The minimum absolute atomic E-state index is 0.221. The smallest absolute Gasteiger partial charge is 0.307 e. The summed E-state index contributed by atoms with van der Waals surface area (Å²) >= 11 is 0. The van der Waals surface area contributed by atoms with Crippen molar-refractivity contribution in [1.29, 1.82) is 0 Å². The molecule has 5 heteroatoms. The van der Waals surface area contributed by atoms with Gasteiger partial charge in [0.1, 0.15) is 0 Å². The second kappa shape index (κ2) is 8.08. The van der Waals surface area contributed by atoms with E-state index in [-0.39, 0.29) is 5.97 Å². The van der Waals surface area contributed by atoms with Gasteiger partial charge in [0, 0.05) is 19.6 Å². The second-order valence-corrected chi connectivity index (χ2v) is 3.28. The lowest BCUT2D eigenvalue weighted by atomic mass is 10.3. The van der Waals surface area contributed by atoms with E-state index in [1.807, 2.05) is 0 Å². The van der Waals surface area contributed by atoms with Crippen molar-refractivity contribution < 1.29 is 9.53 Å². The molecule has 88 valence electrons. The van der Waals surface area contributed by atoms with Gasteiger partial charge in [-0.15, -0.1) is 0 Å². The van der Waals surface area contributed by atoms with Crippen LogP contribution in [0.15, 0.2) is 4.99 Å². The van der Waals surface area contributed by atoms with E-state index in [1.165, 1.54) is 7.11 Å². The van der Waals surface area contributed by atoms with Crippen LogP contribution in [0.1, 0.15) is 26.7 Å². The van der Waals surface area contributed by atoms with E-state index >= 15 is 0 Å². The maximum atomic E-state index is 10.8. The van der Waals surface area contributed by atoms with Crippen molar-refractivity contribution >= 4 is 11.9 Å². The van der Waals surface area contributed by atoms with Crippen LogP contribution >= 0.6 is 0 Å². The first-order valence-electron chi connectivity index (χ1n) is 5.18. The Morgan fingerprint density at radius 2 is 2.20 bits per heavy atom. The van der Waals surface area contributed by atoms with Gasteiger partial charge in [-0.2, -0.15) is 0 Å². The number of esters is 1. The summed E-state index contributed by atoms with van der Waals surface area (Å²) in [5.41, 5.74) is 0. The van der Waals surface area contributed by atoms with E-state index in [2.05, 4.69) is 34.2 Å².